The number of fused-ring (bicyclic) bond motifs is 1. The van der Waals surface area contributed by atoms with E-state index in [9.17, 15) is 0 Å². The third-order valence-corrected chi connectivity index (χ3v) is 7.20. The first-order chi connectivity index (χ1) is 14.7. The first-order valence-corrected chi connectivity index (χ1v) is 11.4. The number of pyridine rings is 1. The van der Waals surface area contributed by atoms with Crippen LogP contribution in [0.4, 0.5) is 0 Å². The minimum Gasteiger partial charge on any atom is -0.379 e. The van der Waals surface area contributed by atoms with E-state index in [1.54, 1.807) is 0 Å². The second kappa shape index (κ2) is 8.61. The van der Waals surface area contributed by atoms with Crippen molar-refractivity contribution < 1.29 is 4.74 Å². The molecule has 5 rings (SSSR count). The molecule has 0 aliphatic carbocycles. The number of hydrogen-bond acceptors (Lipinski definition) is 6. The average Bonchev–Trinajstić information content (AvgIpc) is 3.13. The number of aromatic nitrogens is 1. The van der Waals surface area contributed by atoms with Gasteiger partial charge in [0.25, 0.3) is 0 Å². The lowest BCUT2D eigenvalue weighted by molar-refractivity contribution is 0.0227. The van der Waals surface area contributed by atoms with Crippen LogP contribution >= 0.6 is 0 Å². The molecule has 4 atom stereocenters. The van der Waals surface area contributed by atoms with Crippen LogP contribution in [-0.4, -0.2) is 83.5 Å². The molecule has 0 saturated carbocycles. The summed E-state index contributed by atoms with van der Waals surface area (Å²) < 4.78 is 5.58. The molecule has 6 nitrogen and oxygen atoms in total. The summed E-state index contributed by atoms with van der Waals surface area (Å²) in [5.41, 5.74) is 2.53. The molecule has 6 heteroatoms. The van der Waals surface area contributed by atoms with Gasteiger partial charge in [0, 0.05) is 38.1 Å². The number of aryl methyl sites for hydroxylation is 1. The molecular weight excluding hydrogens is 374 g/mol. The topological polar surface area (TPSA) is 44.2 Å². The van der Waals surface area contributed by atoms with E-state index >= 15 is 0 Å². The molecule has 2 saturated heterocycles. The summed E-state index contributed by atoms with van der Waals surface area (Å²) in [5.74, 6) is 1.12. The Morgan fingerprint density at radius 1 is 1.17 bits per heavy atom. The van der Waals surface area contributed by atoms with Crippen molar-refractivity contribution in [1.82, 2.24) is 19.7 Å². The van der Waals surface area contributed by atoms with Crippen molar-refractivity contribution in [2.24, 2.45) is 4.99 Å². The molecule has 30 heavy (non-hydrogen) atoms. The van der Waals surface area contributed by atoms with E-state index < -0.39 is 0 Å². The average molecular weight is 408 g/mol. The van der Waals surface area contributed by atoms with E-state index in [0.29, 0.717) is 18.1 Å². The highest BCUT2D eigenvalue weighted by atomic mass is 16.5. The highest BCUT2D eigenvalue weighted by Gasteiger charge is 2.44. The summed E-state index contributed by atoms with van der Waals surface area (Å²) in [6, 6.07) is 5.67. The zero-order valence-corrected chi connectivity index (χ0v) is 18.2. The van der Waals surface area contributed by atoms with Gasteiger partial charge in [-0.25, -0.2) is 0 Å². The van der Waals surface area contributed by atoms with Gasteiger partial charge in [-0.3, -0.25) is 19.8 Å². The zero-order valence-electron chi connectivity index (χ0n) is 18.2. The van der Waals surface area contributed by atoms with Crippen molar-refractivity contribution in [3.63, 3.8) is 0 Å². The quantitative estimate of drug-likeness (QED) is 0.768. The molecule has 2 unspecified atom stereocenters. The van der Waals surface area contributed by atoms with E-state index in [0.717, 1.165) is 38.7 Å². The molecule has 1 aromatic heterocycles. The summed E-state index contributed by atoms with van der Waals surface area (Å²) in [7, 11) is 2.29. The Bertz CT molecular complexity index is 844. The number of piperidine rings is 1. The Kier molecular flexibility index (Phi) is 5.72. The van der Waals surface area contributed by atoms with Gasteiger partial charge < -0.3 is 9.64 Å². The predicted molar refractivity (Wildman–Crippen MR) is 120 cm³/mol. The smallest absolute Gasteiger partial charge is 0.128 e. The summed E-state index contributed by atoms with van der Waals surface area (Å²) in [6.07, 6.45) is 14.2. The lowest BCUT2D eigenvalue weighted by Crippen LogP contribution is -2.55. The van der Waals surface area contributed by atoms with Crippen LogP contribution < -0.4 is 0 Å². The molecule has 160 valence electrons. The van der Waals surface area contributed by atoms with Crippen LogP contribution in [-0.2, 0) is 4.74 Å². The van der Waals surface area contributed by atoms with Crippen molar-refractivity contribution >= 4 is 5.84 Å². The first kappa shape index (κ1) is 19.9. The second-order valence-corrected chi connectivity index (χ2v) is 8.95. The van der Waals surface area contributed by atoms with Crippen molar-refractivity contribution in [3.05, 3.63) is 54.0 Å². The van der Waals surface area contributed by atoms with Gasteiger partial charge in [-0.1, -0.05) is 12.1 Å². The standard InChI is InChI=1S/C24H33N5O/c1-18-7-6-11-25-23(18)19-8-5-9-20(27(19)2)24-21(17-28-13-15-30-16-14-28)29-12-4-3-10-22(29)26-24/h3-4,6-7,10-12,19-21,24H,5,8-9,13-17H2,1-2H3/t19-,20+,21?,24?/m0/s1. The Morgan fingerprint density at radius 3 is 2.87 bits per heavy atom. The van der Waals surface area contributed by atoms with Gasteiger partial charge in [0.1, 0.15) is 5.84 Å². The number of aliphatic imine (C=N–C) groups is 1. The number of ether oxygens (including phenoxy) is 1. The van der Waals surface area contributed by atoms with Crippen molar-refractivity contribution in [2.45, 2.75) is 50.4 Å². The second-order valence-electron chi connectivity index (χ2n) is 8.95. The Balaban J connectivity index is 1.41. The third kappa shape index (κ3) is 3.72. The minimum absolute atomic E-state index is 0.270. The summed E-state index contributed by atoms with van der Waals surface area (Å²) in [5, 5.41) is 0. The number of nitrogens with zero attached hydrogens (tertiary/aromatic N) is 5. The number of hydrogen-bond donors (Lipinski definition) is 0. The maximum absolute atomic E-state index is 5.58. The molecule has 0 amide bonds. The van der Waals surface area contributed by atoms with E-state index in [1.807, 2.05) is 12.3 Å². The number of amidine groups is 1. The lowest BCUT2D eigenvalue weighted by Gasteiger charge is -2.44. The van der Waals surface area contributed by atoms with Crippen molar-refractivity contribution in [1.29, 1.82) is 0 Å². The molecule has 4 aliphatic heterocycles. The number of likely N-dealkylation sites (tertiary alicyclic amines) is 1. The molecule has 5 heterocycles. The van der Waals surface area contributed by atoms with Gasteiger partial charge >= 0.3 is 0 Å². The molecular formula is C24H33N5O. The maximum Gasteiger partial charge on any atom is 0.128 e. The lowest BCUT2D eigenvalue weighted by atomic mass is 9.86. The number of likely N-dealkylation sites (N-methyl/N-ethyl adjacent to an activating group) is 1. The van der Waals surface area contributed by atoms with Crippen LogP contribution in [0, 0.1) is 6.92 Å². The zero-order chi connectivity index (χ0) is 20.5. The van der Waals surface area contributed by atoms with Crippen LogP contribution in [0.15, 0.2) is 47.7 Å². The predicted octanol–water partition coefficient (Wildman–Crippen LogP) is 2.78. The molecule has 4 aliphatic rings. The molecule has 0 bridgehead atoms. The normalized spacial score (nSPS) is 32.3. The van der Waals surface area contributed by atoms with Crippen LogP contribution in [0.2, 0.25) is 0 Å². The molecule has 2 fully saturated rings. The van der Waals surface area contributed by atoms with Gasteiger partial charge in [-0.05, 0) is 57.0 Å². The van der Waals surface area contributed by atoms with E-state index in [4.69, 9.17) is 14.7 Å². The Morgan fingerprint density at radius 2 is 2.03 bits per heavy atom. The molecule has 1 aromatic rings. The number of morpholine rings is 1. The number of allylic oxidation sites excluding steroid dienone is 2. The maximum atomic E-state index is 5.58. The van der Waals surface area contributed by atoms with Gasteiger partial charge in [0.15, 0.2) is 0 Å². The summed E-state index contributed by atoms with van der Waals surface area (Å²) in [4.78, 5) is 17.6. The largest absolute Gasteiger partial charge is 0.379 e. The Labute approximate surface area is 179 Å². The molecule has 0 radical (unpaired) electrons. The third-order valence-electron chi connectivity index (χ3n) is 7.20. The van der Waals surface area contributed by atoms with Crippen LogP contribution in [0.1, 0.15) is 36.6 Å². The van der Waals surface area contributed by atoms with E-state index in [1.165, 1.54) is 30.5 Å². The van der Waals surface area contributed by atoms with Crippen LogP contribution in [0.25, 0.3) is 0 Å². The van der Waals surface area contributed by atoms with Gasteiger partial charge in [0.2, 0.25) is 0 Å². The summed E-state index contributed by atoms with van der Waals surface area (Å²) >= 11 is 0. The highest BCUT2D eigenvalue weighted by Crippen LogP contribution is 2.38. The highest BCUT2D eigenvalue weighted by molar-refractivity contribution is 5.96. The van der Waals surface area contributed by atoms with Crippen LogP contribution in [0.3, 0.4) is 0 Å². The Hall–Kier alpha value is -2.02. The number of rotatable bonds is 4. The monoisotopic (exact) mass is 407 g/mol. The van der Waals surface area contributed by atoms with Gasteiger partial charge in [-0.2, -0.15) is 0 Å². The fourth-order valence-electron chi connectivity index (χ4n) is 5.57. The fraction of sp³-hybridized carbons (Fsp3) is 0.583. The van der Waals surface area contributed by atoms with Gasteiger partial charge in [0.05, 0.1) is 37.0 Å². The van der Waals surface area contributed by atoms with Crippen LogP contribution in [0.5, 0.6) is 0 Å². The molecule has 0 aromatic carbocycles. The fourth-order valence-corrected chi connectivity index (χ4v) is 5.57. The van der Waals surface area contributed by atoms with E-state index in [2.05, 4.69) is 59.2 Å². The first-order valence-electron chi connectivity index (χ1n) is 11.4. The van der Waals surface area contributed by atoms with Crippen molar-refractivity contribution in [3.8, 4) is 0 Å². The van der Waals surface area contributed by atoms with Crippen molar-refractivity contribution in [2.75, 3.05) is 39.9 Å². The summed E-state index contributed by atoms with van der Waals surface area (Å²) in [6.45, 7) is 6.93. The minimum atomic E-state index is 0.270. The van der Waals surface area contributed by atoms with E-state index in [-0.39, 0.29) is 6.04 Å². The SMILES string of the molecule is Cc1cccnc1[C@@H]1CCC[C@H](C2N=C3C=CC=CN3C2CN2CCOCC2)N1C. The molecule has 0 N–H and O–H groups in total. The molecule has 0 spiro atoms. The van der Waals surface area contributed by atoms with Gasteiger partial charge in [-0.15, -0.1) is 0 Å².